The van der Waals surface area contributed by atoms with E-state index in [-0.39, 0.29) is 17.1 Å². The van der Waals surface area contributed by atoms with Gasteiger partial charge >= 0.3 is 5.69 Å². The molecule has 0 saturated heterocycles. The molecule has 0 bridgehead atoms. The average molecular weight is 243 g/mol. The first-order valence-corrected chi connectivity index (χ1v) is 5.30. The van der Waals surface area contributed by atoms with Crippen LogP contribution in [0.25, 0.3) is 0 Å². The van der Waals surface area contributed by atoms with Gasteiger partial charge in [0.15, 0.2) is 0 Å². The van der Waals surface area contributed by atoms with Gasteiger partial charge in [-0.3, -0.25) is 10.1 Å². The minimum absolute atomic E-state index is 0.0977. The molecular formula is C11H9N5O2. The summed E-state index contributed by atoms with van der Waals surface area (Å²) in [5.74, 6) is 0.0977. The minimum atomic E-state index is -0.595. The molecule has 1 N–H and O–H groups in total. The lowest BCUT2D eigenvalue weighted by Gasteiger charge is -2.08. The standard InChI is InChI=1S/C11H9N5O2/c12-4-8-3-9(16(17)18)10(14-5-8)15-7-11(6-13)1-2-11/h3,5H,1-2,7H2,(H,14,15). The van der Waals surface area contributed by atoms with Crippen molar-refractivity contribution in [3.8, 4) is 12.1 Å². The number of nitro groups is 1. The molecule has 1 aromatic rings. The molecule has 0 spiro atoms. The molecule has 1 aliphatic rings. The Morgan fingerprint density at radius 1 is 1.56 bits per heavy atom. The highest BCUT2D eigenvalue weighted by molar-refractivity contribution is 5.58. The highest BCUT2D eigenvalue weighted by Gasteiger charge is 2.43. The van der Waals surface area contributed by atoms with Crippen molar-refractivity contribution >= 4 is 11.5 Å². The van der Waals surface area contributed by atoms with Gasteiger partial charge in [-0.25, -0.2) is 4.98 Å². The van der Waals surface area contributed by atoms with Crippen LogP contribution in [0.5, 0.6) is 0 Å². The van der Waals surface area contributed by atoms with Crippen molar-refractivity contribution in [1.82, 2.24) is 4.98 Å². The van der Waals surface area contributed by atoms with Crippen LogP contribution in [-0.4, -0.2) is 16.5 Å². The second-order valence-electron chi connectivity index (χ2n) is 4.21. The van der Waals surface area contributed by atoms with Gasteiger partial charge in [0.05, 0.1) is 22.0 Å². The molecule has 1 heterocycles. The van der Waals surface area contributed by atoms with E-state index in [0.29, 0.717) is 6.54 Å². The van der Waals surface area contributed by atoms with Crippen molar-refractivity contribution in [2.75, 3.05) is 11.9 Å². The van der Waals surface area contributed by atoms with E-state index in [1.807, 2.05) is 0 Å². The third-order valence-corrected chi connectivity index (χ3v) is 2.88. The zero-order valence-corrected chi connectivity index (χ0v) is 9.38. The molecular weight excluding hydrogens is 234 g/mol. The molecule has 0 atom stereocenters. The van der Waals surface area contributed by atoms with Crippen LogP contribution in [0.1, 0.15) is 18.4 Å². The van der Waals surface area contributed by atoms with Gasteiger partial charge in [-0.2, -0.15) is 10.5 Å². The summed E-state index contributed by atoms with van der Waals surface area (Å²) in [5.41, 5.74) is -0.528. The van der Waals surface area contributed by atoms with E-state index in [0.717, 1.165) is 12.8 Å². The van der Waals surface area contributed by atoms with Crippen LogP contribution in [0.4, 0.5) is 11.5 Å². The van der Waals surface area contributed by atoms with E-state index in [1.54, 1.807) is 6.07 Å². The number of nitrogens with one attached hydrogen (secondary N) is 1. The van der Waals surface area contributed by atoms with Crippen molar-refractivity contribution in [2.24, 2.45) is 5.41 Å². The zero-order valence-electron chi connectivity index (χ0n) is 9.38. The number of hydrogen-bond donors (Lipinski definition) is 1. The molecule has 2 rings (SSSR count). The smallest absolute Gasteiger partial charge is 0.312 e. The highest BCUT2D eigenvalue weighted by Crippen LogP contribution is 2.45. The molecule has 90 valence electrons. The minimum Gasteiger partial charge on any atom is -0.363 e. The lowest BCUT2D eigenvalue weighted by molar-refractivity contribution is -0.384. The third-order valence-electron chi connectivity index (χ3n) is 2.88. The lowest BCUT2D eigenvalue weighted by Crippen LogP contribution is -2.15. The summed E-state index contributed by atoms with van der Waals surface area (Å²) in [6.07, 6.45) is 2.85. The van der Waals surface area contributed by atoms with Crippen LogP contribution in [-0.2, 0) is 0 Å². The van der Waals surface area contributed by atoms with Crippen molar-refractivity contribution in [1.29, 1.82) is 10.5 Å². The molecule has 7 nitrogen and oxygen atoms in total. The quantitative estimate of drug-likeness (QED) is 0.633. The van der Waals surface area contributed by atoms with E-state index in [2.05, 4.69) is 16.4 Å². The molecule has 1 aliphatic carbocycles. The van der Waals surface area contributed by atoms with Gasteiger partial charge in [0, 0.05) is 18.8 Å². The molecule has 0 amide bonds. The van der Waals surface area contributed by atoms with Crippen LogP contribution >= 0.6 is 0 Å². The second-order valence-corrected chi connectivity index (χ2v) is 4.21. The largest absolute Gasteiger partial charge is 0.363 e. The molecule has 0 radical (unpaired) electrons. The van der Waals surface area contributed by atoms with E-state index < -0.39 is 10.3 Å². The summed E-state index contributed by atoms with van der Waals surface area (Å²) in [6.45, 7) is 0.337. The summed E-state index contributed by atoms with van der Waals surface area (Å²) >= 11 is 0. The highest BCUT2D eigenvalue weighted by atomic mass is 16.6. The first kappa shape index (κ1) is 11.8. The van der Waals surface area contributed by atoms with Crippen molar-refractivity contribution < 1.29 is 4.92 Å². The monoisotopic (exact) mass is 243 g/mol. The fourth-order valence-corrected chi connectivity index (χ4v) is 1.52. The number of anilines is 1. The SMILES string of the molecule is N#Cc1cnc(NCC2(C#N)CC2)c([N+](=O)[O-])c1. The molecule has 7 heteroatoms. The van der Waals surface area contributed by atoms with Gasteiger partial charge in [-0.1, -0.05) is 0 Å². The number of hydrogen-bond acceptors (Lipinski definition) is 6. The van der Waals surface area contributed by atoms with Gasteiger partial charge in [-0.15, -0.1) is 0 Å². The fraction of sp³-hybridized carbons (Fsp3) is 0.364. The van der Waals surface area contributed by atoms with E-state index in [4.69, 9.17) is 10.5 Å². The van der Waals surface area contributed by atoms with Crippen molar-refractivity contribution in [3.63, 3.8) is 0 Å². The molecule has 18 heavy (non-hydrogen) atoms. The van der Waals surface area contributed by atoms with Crippen molar-refractivity contribution in [2.45, 2.75) is 12.8 Å². The number of aromatic nitrogens is 1. The van der Waals surface area contributed by atoms with E-state index in [1.165, 1.54) is 12.3 Å². The fourth-order valence-electron chi connectivity index (χ4n) is 1.52. The first-order valence-electron chi connectivity index (χ1n) is 5.30. The Bertz CT molecular complexity index is 580. The van der Waals surface area contributed by atoms with Gasteiger partial charge in [-0.05, 0) is 12.8 Å². The van der Waals surface area contributed by atoms with Crippen LogP contribution in [0.3, 0.4) is 0 Å². The molecule has 1 saturated carbocycles. The predicted molar refractivity (Wildman–Crippen MR) is 61.4 cm³/mol. The van der Waals surface area contributed by atoms with Gasteiger partial charge in [0.25, 0.3) is 0 Å². The van der Waals surface area contributed by atoms with Gasteiger partial charge in [0.1, 0.15) is 6.07 Å². The zero-order chi connectivity index (χ0) is 13.2. The Kier molecular flexibility index (Phi) is 2.82. The van der Waals surface area contributed by atoms with Crippen LogP contribution in [0, 0.1) is 38.2 Å². The van der Waals surface area contributed by atoms with E-state index >= 15 is 0 Å². The molecule has 0 aliphatic heterocycles. The van der Waals surface area contributed by atoms with Crippen LogP contribution in [0.15, 0.2) is 12.3 Å². The number of nitriles is 2. The average Bonchev–Trinajstić information content (AvgIpc) is 3.16. The molecule has 0 unspecified atom stereocenters. The Hall–Kier alpha value is -2.67. The van der Waals surface area contributed by atoms with Crippen LogP contribution < -0.4 is 5.32 Å². The van der Waals surface area contributed by atoms with E-state index in [9.17, 15) is 10.1 Å². The number of rotatable bonds is 4. The predicted octanol–water partition coefficient (Wildman–Crippen LogP) is 1.58. The summed E-state index contributed by atoms with van der Waals surface area (Å²) in [7, 11) is 0. The van der Waals surface area contributed by atoms with Crippen molar-refractivity contribution in [3.05, 3.63) is 27.9 Å². The maximum atomic E-state index is 10.9. The third kappa shape index (κ3) is 2.20. The summed E-state index contributed by atoms with van der Waals surface area (Å²) < 4.78 is 0. The Balaban J connectivity index is 2.20. The number of pyridine rings is 1. The molecule has 1 fully saturated rings. The summed E-state index contributed by atoms with van der Waals surface area (Å²) in [6, 6.07) is 5.15. The Morgan fingerprint density at radius 2 is 2.28 bits per heavy atom. The summed E-state index contributed by atoms with van der Waals surface area (Å²) in [5, 5.41) is 31.2. The maximum Gasteiger partial charge on any atom is 0.312 e. The normalized spacial score (nSPS) is 15.2. The maximum absolute atomic E-state index is 10.9. The topological polar surface area (TPSA) is 116 Å². The molecule has 1 aromatic heterocycles. The lowest BCUT2D eigenvalue weighted by atomic mass is 10.1. The molecule has 0 aromatic carbocycles. The number of nitrogens with zero attached hydrogens (tertiary/aromatic N) is 4. The Morgan fingerprint density at radius 3 is 2.78 bits per heavy atom. The van der Waals surface area contributed by atoms with Gasteiger partial charge in [0.2, 0.25) is 5.82 Å². The van der Waals surface area contributed by atoms with Crippen LogP contribution in [0.2, 0.25) is 0 Å². The second kappa shape index (κ2) is 4.30. The Labute approximate surface area is 103 Å². The van der Waals surface area contributed by atoms with Gasteiger partial charge < -0.3 is 5.32 Å². The first-order chi connectivity index (χ1) is 8.60. The summed E-state index contributed by atoms with van der Waals surface area (Å²) in [4.78, 5) is 14.1.